The zero-order valence-corrected chi connectivity index (χ0v) is 15.3. The molecule has 130 valence electrons. The van der Waals surface area contributed by atoms with Crippen molar-refractivity contribution in [3.8, 4) is 0 Å². The molecular weight excluding hydrogens is 403 g/mol. The van der Waals surface area contributed by atoms with Crippen LogP contribution in [0.3, 0.4) is 0 Å². The van der Waals surface area contributed by atoms with Crippen molar-refractivity contribution >= 4 is 58.3 Å². The Morgan fingerprint density at radius 1 is 1.04 bits per heavy atom. The second kappa shape index (κ2) is 6.47. The van der Waals surface area contributed by atoms with Crippen LogP contribution in [0.5, 0.6) is 0 Å². The lowest BCUT2D eigenvalue weighted by atomic mass is 10.2. The van der Waals surface area contributed by atoms with Gasteiger partial charge in [0.1, 0.15) is 4.90 Å². The summed E-state index contributed by atoms with van der Waals surface area (Å²) in [5.41, 5.74) is -0.0232. The lowest BCUT2D eigenvalue weighted by Crippen LogP contribution is -2.12. The first-order valence-corrected chi connectivity index (χ1v) is 9.75. The molecule has 0 amide bonds. The molecule has 14 heteroatoms. The third-order valence-electron chi connectivity index (χ3n) is 2.70. The predicted molar refractivity (Wildman–Crippen MR) is 88.3 cm³/mol. The number of aryl methyl sites for hydroxylation is 1. The van der Waals surface area contributed by atoms with Crippen LogP contribution in [-0.4, -0.2) is 40.9 Å². The van der Waals surface area contributed by atoms with Gasteiger partial charge >= 0.3 is 0 Å². The van der Waals surface area contributed by atoms with Crippen LogP contribution >= 0.6 is 20.8 Å². The van der Waals surface area contributed by atoms with Crippen LogP contribution in [0, 0.1) is 6.92 Å². The molecule has 0 spiro atoms. The number of hydrogen-bond donors (Lipinski definition) is 3. The van der Waals surface area contributed by atoms with E-state index in [0.29, 0.717) is 6.07 Å². The molecule has 2 aromatic rings. The van der Waals surface area contributed by atoms with Gasteiger partial charge in [0.05, 0.1) is 10.6 Å². The Kier molecular flexibility index (Phi) is 5.09. The highest BCUT2D eigenvalue weighted by molar-refractivity contribution is 7.86. The van der Waals surface area contributed by atoms with Crippen LogP contribution in [0.25, 0.3) is 0 Å². The van der Waals surface area contributed by atoms with Gasteiger partial charge in [0.2, 0.25) is 11.2 Å². The van der Waals surface area contributed by atoms with E-state index in [-0.39, 0.29) is 28.0 Å². The molecule has 0 saturated carbocycles. The van der Waals surface area contributed by atoms with Gasteiger partial charge in [-0.15, -0.1) is 0 Å². The molecule has 2 rings (SSSR count). The normalized spacial score (nSPS) is 12.2. The fraction of sp³-hybridized carbons (Fsp3) is 0.100. The maximum Gasteiger partial charge on any atom is 0.296 e. The van der Waals surface area contributed by atoms with E-state index in [1.54, 1.807) is 0 Å². The van der Waals surface area contributed by atoms with Gasteiger partial charge in [0.15, 0.2) is 5.57 Å². The van der Waals surface area contributed by atoms with Crippen molar-refractivity contribution < 1.29 is 25.9 Å². The Labute approximate surface area is 144 Å². The van der Waals surface area contributed by atoms with Gasteiger partial charge in [-0.3, -0.25) is 9.11 Å². The Balaban J connectivity index is 2.67. The summed E-state index contributed by atoms with van der Waals surface area (Å²) < 4.78 is 64.1. The van der Waals surface area contributed by atoms with E-state index in [1.807, 2.05) is 0 Å². The van der Waals surface area contributed by atoms with E-state index in [4.69, 9.17) is 16.2 Å². The molecule has 24 heavy (non-hydrogen) atoms. The van der Waals surface area contributed by atoms with Crippen LogP contribution in [0.2, 0.25) is 5.28 Å². The summed E-state index contributed by atoms with van der Waals surface area (Å²) in [6.07, 6.45) is 0. The summed E-state index contributed by atoms with van der Waals surface area (Å²) in [7, 11) is -7.34. The number of anilines is 2. The second-order valence-electron chi connectivity index (χ2n) is 4.48. The first-order valence-electron chi connectivity index (χ1n) is 5.91. The standard InChI is InChI=1S/C10H10ClN4O6PS2/c1-4-2-5(12-9-13-8(11)14-10(22)15-9)7(24(19,20)21)3-6(4)23(16,17)18/h2-3H,22H2,1H3,(H,16,17,18)(H,19,20,21)(H,12,13,14,15). The minimum absolute atomic E-state index is 0.0265. The quantitative estimate of drug-likeness (QED) is 0.478. The van der Waals surface area contributed by atoms with Gasteiger partial charge in [-0.25, -0.2) is 0 Å². The van der Waals surface area contributed by atoms with Crippen molar-refractivity contribution in [1.82, 2.24) is 15.0 Å². The monoisotopic (exact) mass is 412 g/mol. The van der Waals surface area contributed by atoms with Crippen LogP contribution in [0.15, 0.2) is 21.9 Å². The lowest BCUT2D eigenvalue weighted by Gasteiger charge is -2.12. The fourth-order valence-corrected chi connectivity index (χ4v) is 3.76. The average molecular weight is 413 g/mol. The summed E-state index contributed by atoms with van der Waals surface area (Å²) >= 11 is 5.67. The third kappa shape index (κ3) is 4.35. The molecule has 0 bridgehead atoms. The van der Waals surface area contributed by atoms with Gasteiger partial charge in [-0.05, 0) is 36.2 Å². The second-order valence-corrected chi connectivity index (χ2v) is 8.11. The summed E-state index contributed by atoms with van der Waals surface area (Å²) in [5.74, 6) is -0.135. The SMILES string of the molecule is Cc1cc(Nc2nc(P)nc(Cl)n2)c(S(=O)(=O)O)cc1S(=O)(=O)O. The smallest absolute Gasteiger partial charge is 0.296 e. The highest BCUT2D eigenvalue weighted by Crippen LogP contribution is 2.29. The molecule has 0 aliphatic carbocycles. The van der Waals surface area contributed by atoms with Crippen LogP contribution in [0.4, 0.5) is 11.6 Å². The first-order chi connectivity index (χ1) is 10.9. The highest BCUT2D eigenvalue weighted by Gasteiger charge is 2.23. The summed E-state index contributed by atoms with van der Waals surface area (Å²) in [5, 5.41) is 2.34. The van der Waals surface area contributed by atoms with Crippen molar-refractivity contribution in [1.29, 1.82) is 0 Å². The van der Waals surface area contributed by atoms with E-state index in [1.165, 1.54) is 6.92 Å². The number of halogens is 1. The average Bonchev–Trinajstić information content (AvgIpc) is 2.33. The number of rotatable bonds is 4. The van der Waals surface area contributed by atoms with Gasteiger partial charge in [-0.2, -0.15) is 31.8 Å². The van der Waals surface area contributed by atoms with Gasteiger partial charge in [0.25, 0.3) is 20.2 Å². The summed E-state index contributed by atoms with van der Waals surface area (Å²) in [6.45, 7) is 1.32. The van der Waals surface area contributed by atoms with E-state index in [2.05, 4.69) is 29.5 Å². The first kappa shape index (κ1) is 18.9. The molecule has 1 aromatic heterocycles. The van der Waals surface area contributed by atoms with Crippen molar-refractivity contribution in [2.75, 3.05) is 5.32 Å². The number of hydrogen-bond acceptors (Lipinski definition) is 8. The number of aromatic nitrogens is 3. The lowest BCUT2D eigenvalue weighted by molar-refractivity contribution is 0.481. The predicted octanol–water partition coefficient (Wildman–Crippen LogP) is 0.571. The van der Waals surface area contributed by atoms with E-state index in [9.17, 15) is 21.4 Å². The molecule has 1 heterocycles. The molecule has 10 nitrogen and oxygen atoms in total. The Bertz CT molecular complexity index is 1010. The summed E-state index contributed by atoms with van der Waals surface area (Å²) in [4.78, 5) is 9.82. The molecule has 0 fully saturated rings. The molecule has 1 atom stereocenters. The zero-order chi connectivity index (χ0) is 18.3. The number of nitrogens with zero attached hydrogens (tertiary/aromatic N) is 3. The maximum atomic E-state index is 11.5. The Morgan fingerprint density at radius 2 is 1.62 bits per heavy atom. The molecule has 1 aromatic carbocycles. The van der Waals surface area contributed by atoms with Crippen molar-refractivity contribution in [3.63, 3.8) is 0 Å². The van der Waals surface area contributed by atoms with Crippen LogP contribution in [0.1, 0.15) is 5.56 Å². The minimum atomic E-state index is -4.82. The number of nitrogens with one attached hydrogen (secondary N) is 1. The van der Waals surface area contributed by atoms with Crippen molar-refractivity contribution in [2.24, 2.45) is 0 Å². The Hall–Kier alpha value is -1.43. The number of benzene rings is 1. The topological polar surface area (TPSA) is 159 Å². The molecule has 0 saturated heterocycles. The van der Waals surface area contributed by atoms with Gasteiger partial charge in [-0.1, -0.05) is 9.24 Å². The molecular formula is C10H10ClN4O6PS2. The molecule has 3 N–H and O–H groups in total. The van der Waals surface area contributed by atoms with Crippen molar-refractivity contribution in [3.05, 3.63) is 23.0 Å². The molecule has 0 aliphatic rings. The minimum Gasteiger partial charge on any atom is -0.323 e. The Morgan fingerprint density at radius 3 is 2.12 bits per heavy atom. The maximum absolute atomic E-state index is 11.5. The zero-order valence-electron chi connectivity index (χ0n) is 11.8. The third-order valence-corrected chi connectivity index (χ3v) is 5.02. The van der Waals surface area contributed by atoms with E-state index < -0.39 is 30.0 Å². The summed E-state index contributed by atoms with van der Waals surface area (Å²) in [6, 6.07) is 1.71. The van der Waals surface area contributed by atoms with Gasteiger partial charge in [0, 0.05) is 0 Å². The largest absolute Gasteiger partial charge is 0.323 e. The molecule has 0 aliphatic heterocycles. The van der Waals surface area contributed by atoms with Crippen molar-refractivity contribution in [2.45, 2.75) is 16.7 Å². The van der Waals surface area contributed by atoms with Gasteiger partial charge < -0.3 is 5.32 Å². The van der Waals surface area contributed by atoms with Crippen LogP contribution in [-0.2, 0) is 20.2 Å². The van der Waals surface area contributed by atoms with E-state index in [0.717, 1.165) is 6.07 Å². The van der Waals surface area contributed by atoms with Crippen LogP contribution < -0.4 is 10.9 Å². The highest BCUT2D eigenvalue weighted by atomic mass is 35.5. The fourth-order valence-electron chi connectivity index (χ4n) is 1.80. The molecule has 0 radical (unpaired) electrons. The van der Waals surface area contributed by atoms with E-state index >= 15 is 0 Å². The molecule has 1 unspecified atom stereocenters.